The SMILES string of the molecule is CCCC1CCC(C#N)C(S(=O)C2CCOCC2)C1. The molecule has 0 aromatic rings. The molecule has 1 saturated carbocycles. The summed E-state index contributed by atoms with van der Waals surface area (Å²) < 4.78 is 18.1. The first-order valence-electron chi connectivity index (χ1n) is 7.63. The first kappa shape index (κ1) is 15.0. The van der Waals surface area contributed by atoms with Gasteiger partial charge in [0.2, 0.25) is 0 Å². The molecule has 1 heterocycles. The number of hydrogen-bond acceptors (Lipinski definition) is 3. The molecule has 2 rings (SSSR count). The van der Waals surface area contributed by atoms with Gasteiger partial charge in [0.1, 0.15) is 0 Å². The third kappa shape index (κ3) is 3.79. The van der Waals surface area contributed by atoms with Gasteiger partial charge in [-0.3, -0.25) is 4.21 Å². The Morgan fingerprint density at radius 2 is 2.00 bits per heavy atom. The fraction of sp³-hybridized carbons (Fsp3) is 0.933. The number of nitriles is 1. The van der Waals surface area contributed by atoms with Crippen molar-refractivity contribution in [2.75, 3.05) is 13.2 Å². The van der Waals surface area contributed by atoms with Crippen molar-refractivity contribution in [2.24, 2.45) is 11.8 Å². The van der Waals surface area contributed by atoms with Crippen LogP contribution in [0.2, 0.25) is 0 Å². The molecular formula is C15H25NO2S. The highest BCUT2D eigenvalue weighted by Crippen LogP contribution is 2.36. The molecule has 3 nitrogen and oxygen atoms in total. The summed E-state index contributed by atoms with van der Waals surface area (Å²) >= 11 is 0. The summed E-state index contributed by atoms with van der Waals surface area (Å²) in [6.07, 6.45) is 7.31. The van der Waals surface area contributed by atoms with E-state index in [0.29, 0.717) is 5.92 Å². The van der Waals surface area contributed by atoms with E-state index < -0.39 is 10.8 Å². The van der Waals surface area contributed by atoms with Crippen LogP contribution in [0, 0.1) is 23.2 Å². The maximum atomic E-state index is 12.8. The monoisotopic (exact) mass is 283 g/mol. The lowest BCUT2D eigenvalue weighted by atomic mass is 9.80. The van der Waals surface area contributed by atoms with Gasteiger partial charge in [0.25, 0.3) is 0 Å². The van der Waals surface area contributed by atoms with E-state index >= 15 is 0 Å². The van der Waals surface area contributed by atoms with E-state index in [9.17, 15) is 9.47 Å². The van der Waals surface area contributed by atoms with Gasteiger partial charge in [-0.1, -0.05) is 19.8 Å². The third-order valence-corrected chi connectivity index (χ3v) is 6.80. The Balaban J connectivity index is 2.00. The van der Waals surface area contributed by atoms with Crippen LogP contribution in [-0.2, 0) is 15.5 Å². The Morgan fingerprint density at radius 3 is 2.63 bits per heavy atom. The number of hydrogen-bond donors (Lipinski definition) is 0. The number of nitrogens with zero attached hydrogens (tertiary/aromatic N) is 1. The van der Waals surface area contributed by atoms with Crippen LogP contribution in [0.15, 0.2) is 0 Å². The van der Waals surface area contributed by atoms with Crippen molar-refractivity contribution in [3.8, 4) is 6.07 Å². The second-order valence-electron chi connectivity index (χ2n) is 5.88. The third-order valence-electron chi connectivity index (χ3n) is 4.56. The predicted molar refractivity (Wildman–Crippen MR) is 77.1 cm³/mol. The molecule has 1 saturated heterocycles. The second-order valence-corrected chi connectivity index (χ2v) is 7.81. The van der Waals surface area contributed by atoms with E-state index in [0.717, 1.165) is 45.3 Å². The summed E-state index contributed by atoms with van der Waals surface area (Å²) in [5.74, 6) is 0.695. The highest BCUT2D eigenvalue weighted by atomic mass is 32.2. The minimum absolute atomic E-state index is 0.0109. The minimum atomic E-state index is -0.850. The Bertz CT molecular complexity index is 347. The standard InChI is InChI=1S/C15H25NO2S/c1-2-3-12-4-5-13(11-16)15(10-12)19(17)14-6-8-18-9-7-14/h12-15H,2-10H2,1H3. The smallest absolute Gasteiger partial charge is 0.0668 e. The van der Waals surface area contributed by atoms with Crippen LogP contribution >= 0.6 is 0 Å². The van der Waals surface area contributed by atoms with Crippen LogP contribution in [0.25, 0.3) is 0 Å². The maximum absolute atomic E-state index is 12.8. The number of rotatable bonds is 4. The lowest BCUT2D eigenvalue weighted by Gasteiger charge is -2.35. The van der Waals surface area contributed by atoms with Crippen molar-refractivity contribution in [3.63, 3.8) is 0 Å². The van der Waals surface area contributed by atoms with Crippen LogP contribution < -0.4 is 0 Å². The first-order chi connectivity index (χ1) is 9.26. The summed E-state index contributed by atoms with van der Waals surface area (Å²) in [6.45, 7) is 3.68. The van der Waals surface area contributed by atoms with Crippen LogP contribution in [-0.4, -0.2) is 27.9 Å². The molecule has 4 atom stereocenters. The molecule has 2 aliphatic rings. The van der Waals surface area contributed by atoms with Crippen molar-refractivity contribution in [3.05, 3.63) is 0 Å². The van der Waals surface area contributed by atoms with Gasteiger partial charge in [-0.2, -0.15) is 5.26 Å². The molecule has 0 spiro atoms. The van der Waals surface area contributed by atoms with E-state index in [-0.39, 0.29) is 16.4 Å². The largest absolute Gasteiger partial charge is 0.381 e. The lowest BCUT2D eigenvalue weighted by molar-refractivity contribution is 0.0988. The van der Waals surface area contributed by atoms with Gasteiger partial charge in [0, 0.05) is 29.3 Å². The molecule has 1 aliphatic heterocycles. The molecule has 0 aromatic heterocycles. The first-order valence-corrected chi connectivity index (χ1v) is 8.90. The van der Waals surface area contributed by atoms with E-state index in [1.165, 1.54) is 12.8 Å². The quantitative estimate of drug-likeness (QED) is 0.797. The average Bonchev–Trinajstić information content (AvgIpc) is 2.47. The van der Waals surface area contributed by atoms with Gasteiger partial charge in [-0.05, 0) is 38.0 Å². The highest BCUT2D eigenvalue weighted by Gasteiger charge is 2.37. The molecular weight excluding hydrogens is 258 g/mol. The number of ether oxygens (including phenoxy) is 1. The van der Waals surface area contributed by atoms with Gasteiger partial charge in [0.05, 0.1) is 17.2 Å². The zero-order valence-electron chi connectivity index (χ0n) is 11.8. The lowest BCUT2D eigenvalue weighted by Crippen LogP contribution is -2.38. The zero-order valence-corrected chi connectivity index (χ0v) is 12.7. The van der Waals surface area contributed by atoms with Crippen molar-refractivity contribution in [1.29, 1.82) is 5.26 Å². The molecule has 4 unspecified atom stereocenters. The molecule has 108 valence electrons. The zero-order chi connectivity index (χ0) is 13.7. The highest BCUT2D eigenvalue weighted by molar-refractivity contribution is 7.86. The van der Waals surface area contributed by atoms with E-state index in [1.807, 2.05) is 0 Å². The van der Waals surface area contributed by atoms with Gasteiger partial charge in [0.15, 0.2) is 0 Å². The van der Waals surface area contributed by atoms with Crippen molar-refractivity contribution >= 4 is 10.8 Å². The van der Waals surface area contributed by atoms with Crippen LogP contribution in [0.5, 0.6) is 0 Å². The summed E-state index contributed by atoms with van der Waals surface area (Å²) in [5.41, 5.74) is 0. The van der Waals surface area contributed by atoms with Crippen molar-refractivity contribution < 1.29 is 8.95 Å². The van der Waals surface area contributed by atoms with Gasteiger partial charge in [-0.25, -0.2) is 0 Å². The van der Waals surface area contributed by atoms with E-state index in [4.69, 9.17) is 4.74 Å². The Morgan fingerprint density at radius 1 is 1.26 bits per heavy atom. The summed E-state index contributed by atoms with van der Waals surface area (Å²) in [6, 6.07) is 2.41. The Kier molecular flexibility index (Phi) is 5.84. The van der Waals surface area contributed by atoms with E-state index in [2.05, 4.69) is 13.0 Å². The minimum Gasteiger partial charge on any atom is -0.381 e. The van der Waals surface area contributed by atoms with Crippen molar-refractivity contribution in [2.45, 2.75) is 62.4 Å². The molecule has 2 fully saturated rings. The van der Waals surface area contributed by atoms with Gasteiger partial charge >= 0.3 is 0 Å². The Labute approximate surface area is 119 Å². The van der Waals surface area contributed by atoms with Crippen molar-refractivity contribution in [1.82, 2.24) is 0 Å². The normalized spacial score (nSPS) is 34.6. The van der Waals surface area contributed by atoms with E-state index in [1.54, 1.807) is 0 Å². The molecule has 19 heavy (non-hydrogen) atoms. The van der Waals surface area contributed by atoms with Crippen LogP contribution in [0.4, 0.5) is 0 Å². The van der Waals surface area contributed by atoms with Gasteiger partial charge in [-0.15, -0.1) is 0 Å². The molecule has 1 aliphatic carbocycles. The van der Waals surface area contributed by atoms with Gasteiger partial charge < -0.3 is 4.74 Å². The fourth-order valence-corrected chi connectivity index (χ4v) is 5.58. The van der Waals surface area contributed by atoms with Crippen LogP contribution in [0.1, 0.15) is 51.9 Å². The van der Waals surface area contributed by atoms with Crippen LogP contribution in [0.3, 0.4) is 0 Å². The summed E-state index contributed by atoms with van der Waals surface area (Å²) in [4.78, 5) is 0. The molecule has 0 aromatic carbocycles. The predicted octanol–water partition coefficient (Wildman–Crippen LogP) is 3.02. The molecule has 0 N–H and O–H groups in total. The maximum Gasteiger partial charge on any atom is 0.0668 e. The summed E-state index contributed by atoms with van der Waals surface area (Å²) in [5, 5.41) is 9.68. The molecule has 4 heteroatoms. The molecule has 0 bridgehead atoms. The second kappa shape index (κ2) is 7.40. The molecule has 0 radical (unpaired) electrons. The summed E-state index contributed by atoms with van der Waals surface area (Å²) in [7, 11) is -0.850. The topological polar surface area (TPSA) is 50.1 Å². The fourth-order valence-electron chi connectivity index (χ4n) is 3.44. The Hall–Kier alpha value is -0.400. The average molecular weight is 283 g/mol. The molecule has 0 amide bonds.